The van der Waals surface area contributed by atoms with Crippen LogP contribution >= 0.6 is 24.0 Å². The number of halogens is 4. The Morgan fingerprint density at radius 1 is 1.10 bits per heavy atom. The van der Waals surface area contributed by atoms with Crippen LogP contribution in [0.1, 0.15) is 11.1 Å². The number of benzene rings is 1. The van der Waals surface area contributed by atoms with E-state index >= 15 is 0 Å². The maximum atomic E-state index is 12.2. The molecule has 1 aromatic heterocycles. The summed E-state index contributed by atoms with van der Waals surface area (Å²) in [5.41, 5.74) is 1.69. The Balaban J connectivity index is 0.00000300. The Bertz CT molecular complexity index is 849. The monoisotopic (exact) mass is 524 g/mol. The maximum absolute atomic E-state index is 12.2. The number of nitrogens with zero attached hydrogens (tertiary/aromatic N) is 2. The fourth-order valence-electron chi connectivity index (χ4n) is 2.44. The molecule has 3 rings (SSSR count). The molecule has 0 fully saturated rings. The van der Waals surface area contributed by atoms with Crippen LogP contribution in [-0.2, 0) is 13.1 Å². The van der Waals surface area contributed by atoms with Crippen molar-refractivity contribution in [1.29, 1.82) is 0 Å². The number of hydrogen-bond acceptors (Lipinski definition) is 5. The number of pyridine rings is 1. The summed E-state index contributed by atoms with van der Waals surface area (Å²) in [7, 11) is 1.62. The first kappa shape index (κ1) is 22.8. The molecule has 11 heteroatoms. The molecule has 29 heavy (non-hydrogen) atoms. The molecule has 0 saturated carbocycles. The van der Waals surface area contributed by atoms with E-state index in [0.717, 1.165) is 5.56 Å². The number of ether oxygens (including phenoxy) is 3. The third-order valence-corrected chi connectivity index (χ3v) is 3.76. The molecule has 158 valence electrons. The molecule has 0 saturated heterocycles. The first-order valence-electron chi connectivity index (χ1n) is 8.40. The average molecular weight is 524 g/mol. The number of hydrogen-bond donors (Lipinski definition) is 2. The van der Waals surface area contributed by atoms with Gasteiger partial charge in [-0.15, -0.1) is 24.0 Å². The van der Waals surface area contributed by atoms with Crippen molar-refractivity contribution in [2.24, 2.45) is 4.99 Å². The zero-order valence-corrected chi connectivity index (χ0v) is 17.8. The molecule has 7 nitrogen and oxygen atoms in total. The maximum Gasteiger partial charge on any atom is 0.422 e. The topological polar surface area (TPSA) is 77.0 Å². The van der Waals surface area contributed by atoms with E-state index in [-0.39, 0.29) is 36.6 Å². The van der Waals surface area contributed by atoms with Gasteiger partial charge in [-0.05, 0) is 29.3 Å². The minimum Gasteiger partial charge on any atom is -0.468 e. The summed E-state index contributed by atoms with van der Waals surface area (Å²) in [6.45, 7) is -0.315. The van der Waals surface area contributed by atoms with Crippen molar-refractivity contribution in [1.82, 2.24) is 15.6 Å². The van der Waals surface area contributed by atoms with Crippen molar-refractivity contribution >= 4 is 29.9 Å². The molecule has 0 unspecified atom stereocenters. The highest BCUT2D eigenvalue weighted by Crippen LogP contribution is 2.32. The molecule has 0 bridgehead atoms. The van der Waals surface area contributed by atoms with Gasteiger partial charge in [0.25, 0.3) is 0 Å². The molecule has 0 radical (unpaired) electrons. The second-order valence-corrected chi connectivity index (χ2v) is 5.87. The van der Waals surface area contributed by atoms with Crippen LogP contribution in [-0.4, -0.2) is 37.6 Å². The van der Waals surface area contributed by atoms with Crippen LogP contribution in [0.3, 0.4) is 0 Å². The zero-order chi connectivity index (χ0) is 20.0. The lowest BCUT2D eigenvalue weighted by atomic mass is 10.2. The fourth-order valence-corrected chi connectivity index (χ4v) is 2.44. The lowest BCUT2D eigenvalue weighted by molar-refractivity contribution is -0.154. The minimum atomic E-state index is -4.41. The van der Waals surface area contributed by atoms with E-state index in [1.165, 1.54) is 12.3 Å². The van der Waals surface area contributed by atoms with Gasteiger partial charge in [0.05, 0.1) is 0 Å². The Labute approximate surface area is 182 Å². The average Bonchev–Trinajstić information content (AvgIpc) is 3.14. The zero-order valence-electron chi connectivity index (χ0n) is 15.5. The molecule has 1 aliphatic rings. The number of fused-ring (bicyclic) bond motifs is 1. The van der Waals surface area contributed by atoms with Crippen molar-refractivity contribution in [2.75, 3.05) is 20.4 Å². The highest BCUT2D eigenvalue weighted by atomic mass is 127. The Hall–Kier alpha value is -2.44. The van der Waals surface area contributed by atoms with Gasteiger partial charge in [0.15, 0.2) is 24.1 Å². The SMILES string of the molecule is CN=C(NCc1ccnc(OCC(F)(F)F)c1)NCc1ccc2c(c1)OCO2.I. The highest BCUT2D eigenvalue weighted by molar-refractivity contribution is 14.0. The summed E-state index contributed by atoms with van der Waals surface area (Å²) < 4.78 is 52.0. The third-order valence-electron chi connectivity index (χ3n) is 3.76. The van der Waals surface area contributed by atoms with Crippen molar-refractivity contribution in [3.8, 4) is 17.4 Å². The fraction of sp³-hybridized carbons (Fsp3) is 0.333. The molecule has 1 aliphatic heterocycles. The van der Waals surface area contributed by atoms with Crippen LogP contribution in [0.15, 0.2) is 41.5 Å². The molecule has 2 N–H and O–H groups in total. The predicted octanol–water partition coefficient (Wildman–Crippen LogP) is 3.23. The van der Waals surface area contributed by atoms with Gasteiger partial charge in [-0.3, -0.25) is 4.99 Å². The van der Waals surface area contributed by atoms with E-state index in [0.29, 0.717) is 36.1 Å². The predicted molar refractivity (Wildman–Crippen MR) is 111 cm³/mol. The number of aliphatic imine (C=N–C) groups is 1. The molecule has 0 amide bonds. The van der Waals surface area contributed by atoms with Crippen LogP contribution in [0, 0.1) is 0 Å². The smallest absolute Gasteiger partial charge is 0.422 e. The van der Waals surface area contributed by atoms with Gasteiger partial charge in [0.1, 0.15) is 0 Å². The van der Waals surface area contributed by atoms with Crippen LogP contribution in [0.5, 0.6) is 17.4 Å². The Morgan fingerprint density at radius 3 is 2.48 bits per heavy atom. The van der Waals surface area contributed by atoms with Gasteiger partial charge in [-0.1, -0.05) is 6.07 Å². The van der Waals surface area contributed by atoms with Crippen LogP contribution in [0.4, 0.5) is 13.2 Å². The molecular weight excluding hydrogens is 504 g/mol. The van der Waals surface area contributed by atoms with Crippen LogP contribution in [0.25, 0.3) is 0 Å². The largest absolute Gasteiger partial charge is 0.468 e. The second-order valence-electron chi connectivity index (χ2n) is 5.87. The van der Waals surface area contributed by atoms with Gasteiger partial charge >= 0.3 is 6.18 Å². The molecule has 1 aromatic carbocycles. The van der Waals surface area contributed by atoms with Gasteiger partial charge in [-0.25, -0.2) is 4.98 Å². The lowest BCUT2D eigenvalue weighted by Gasteiger charge is -2.13. The first-order chi connectivity index (χ1) is 13.4. The second kappa shape index (κ2) is 10.4. The standard InChI is InChI=1S/C18H19F3N4O3.HI/c1-22-17(24-8-12-2-3-14-15(6-12)28-11-27-14)25-9-13-4-5-23-16(7-13)26-10-18(19,20)21;/h2-7H,8-11H2,1H3,(H2,22,24,25);1H. The van der Waals surface area contributed by atoms with Crippen molar-refractivity contribution in [3.05, 3.63) is 47.7 Å². The normalized spacial score (nSPS) is 12.9. The minimum absolute atomic E-state index is 0. The lowest BCUT2D eigenvalue weighted by Crippen LogP contribution is -2.36. The van der Waals surface area contributed by atoms with E-state index in [1.54, 1.807) is 13.1 Å². The highest BCUT2D eigenvalue weighted by Gasteiger charge is 2.28. The molecular formula is C18H20F3IN4O3. The molecule has 2 heterocycles. The Kier molecular flexibility index (Phi) is 8.17. The number of alkyl halides is 3. The van der Waals surface area contributed by atoms with Gasteiger partial charge in [-0.2, -0.15) is 13.2 Å². The first-order valence-corrected chi connectivity index (χ1v) is 8.40. The summed E-state index contributed by atoms with van der Waals surface area (Å²) in [6.07, 6.45) is -3.01. The number of aromatic nitrogens is 1. The summed E-state index contributed by atoms with van der Waals surface area (Å²) >= 11 is 0. The van der Waals surface area contributed by atoms with E-state index in [9.17, 15) is 13.2 Å². The van der Waals surface area contributed by atoms with E-state index < -0.39 is 12.8 Å². The van der Waals surface area contributed by atoms with Crippen LogP contribution < -0.4 is 24.8 Å². The summed E-state index contributed by atoms with van der Waals surface area (Å²) in [4.78, 5) is 7.90. The van der Waals surface area contributed by atoms with E-state index in [1.807, 2.05) is 18.2 Å². The summed E-state index contributed by atoms with van der Waals surface area (Å²) in [5.74, 6) is 1.87. The summed E-state index contributed by atoms with van der Waals surface area (Å²) in [6, 6.07) is 8.77. The van der Waals surface area contributed by atoms with Crippen molar-refractivity contribution in [2.45, 2.75) is 19.3 Å². The van der Waals surface area contributed by atoms with Crippen LogP contribution in [0.2, 0.25) is 0 Å². The quantitative estimate of drug-likeness (QED) is 0.344. The molecule has 0 spiro atoms. The number of guanidine groups is 1. The molecule has 2 aromatic rings. The van der Waals surface area contributed by atoms with E-state index in [2.05, 4.69) is 25.3 Å². The molecule has 0 atom stereocenters. The van der Waals surface area contributed by atoms with Crippen molar-refractivity contribution in [3.63, 3.8) is 0 Å². The van der Waals surface area contributed by atoms with Gasteiger partial charge in [0.2, 0.25) is 12.7 Å². The molecule has 0 aliphatic carbocycles. The van der Waals surface area contributed by atoms with Gasteiger partial charge in [0, 0.05) is 32.4 Å². The number of rotatable bonds is 6. The van der Waals surface area contributed by atoms with Gasteiger partial charge < -0.3 is 24.8 Å². The third kappa shape index (κ3) is 7.15. The van der Waals surface area contributed by atoms with Crippen molar-refractivity contribution < 1.29 is 27.4 Å². The summed E-state index contributed by atoms with van der Waals surface area (Å²) in [5, 5.41) is 6.24. The Morgan fingerprint density at radius 2 is 1.79 bits per heavy atom. The number of nitrogens with one attached hydrogen (secondary N) is 2. The van der Waals surface area contributed by atoms with E-state index in [4.69, 9.17) is 9.47 Å².